The van der Waals surface area contributed by atoms with Crippen molar-refractivity contribution in [2.45, 2.75) is 19.4 Å². The zero-order valence-corrected chi connectivity index (χ0v) is 12.5. The van der Waals surface area contributed by atoms with Crippen LogP contribution in [0.4, 0.5) is 5.69 Å². The molecule has 108 valence electrons. The van der Waals surface area contributed by atoms with Gasteiger partial charge in [0.2, 0.25) is 0 Å². The smallest absolute Gasteiger partial charge is 0.254 e. The first-order chi connectivity index (χ1) is 10.2. The van der Waals surface area contributed by atoms with Crippen LogP contribution in [0.25, 0.3) is 0 Å². The number of nitrogens with zero attached hydrogens (tertiary/aromatic N) is 1. The summed E-state index contributed by atoms with van der Waals surface area (Å²) in [6.45, 7) is 3.02. The monoisotopic (exact) mass is 280 g/mol. The number of rotatable bonds is 3. The number of hydrogen-bond acceptors (Lipinski definition) is 2. The number of fused-ring (bicyclic) bond motifs is 1. The van der Waals surface area contributed by atoms with Crippen LogP contribution in [0, 0.1) is 0 Å². The highest BCUT2D eigenvalue weighted by atomic mass is 16.2. The Morgan fingerprint density at radius 1 is 1.19 bits per heavy atom. The molecule has 0 saturated carbocycles. The second kappa shape index (κ2) is 5.60. The molecule has 0 aliphatic carbocycles. The molecule has 3 nitrogen and oxygen atoms in total. The largest absolute Gasteiger partial charge is 0.384 e. The van der Waals surface area contributed by atoms with Gasteiger partial charge in [-0.3, -0.25) is 4.79 Å². The van der Waals surface area contributed by atoms with Crippen molar-refractivity contribution in [3.8, 4) is 0 Å². The highest BCUT2D eigenvalue weighted by molar-refractivity contribution is 5.95. The number of amides is 1. The minimum atomic E-state index is 0.0603. The molecule has 0 unspecified atom stereocenters. The Labute approximate surface area is 125 Å². The van der Waals surface area contributed by atoms with Crippen LogP contribution in [0.15, 0.2) is 48.5 Å². The number of nitrogens with one attached hydrogen (secondary N) is 1. The number of carbonyl (C=O) groups excluding carboxylic acids is 1. The summed E-state index contributed by atoms with van der Waals surface area (Å²) in [4.78, 5) is 14.5. The zero-order chi connectivity index (χ0) is 14.8. The second-order valence-electron chi connectivity index (χ2n) is 5.55. The van der Waals surface area contributed by atoms with Crippen LogP contribution < -0.4 is 5.32 Å². The van der Waals surface area contributed by atoms with Gasteiger partial charge in [-0.1, -0.05) is 30.3 Å². The van der Waals surface area contributed by atoms with Crippen molar-refractivity contribution in [3.63, 3.8) is 0 Å². The molecule has 1 atom stereocenters. The van der Waals surface area contributed by atoms with E-state index in [9.17, 15) is 4.79 Å². The Bertz CT molecular complexity index is 652. The van der Waals surface area contributed by atoms with Crippen molar-refractivity contribution < 1.29 is 4.79 Å². The fourth-order valence-electron chi connectivity index (χ4n) is 2.77. The van der Waals surface area contributed by atoms with Gasteiger partial charge in [-0.05, 0) is 42.7 Å². The number of anilines is 1. The molecule has 1 N–H and O–H groups in total. The second-order valence-corrected chi connectivity index (χ2v) is 5.55. The summed E-state index contributed by atoms with van der Waals surface area (Å²) < 4.78 is 0. The summed E-state index contributed by atoms with van der Waals surface area (Å²) in [7, 11) is 1.87. The molecule has 0 fully saturated rings. The van der Waals surface area contributed by atoms with E-state index in [-0.39, 0.29) is 11.9 Å². The summed E-state index contributed by atoms with van der Waals surface area (Å²) in [5, 5.41) is 3.32. The third kappa shape index (κ3) is 2.64. The van der Waals surface area contributed by atoms with Gasteiger partial charge in [-0.15, -0.1) is 0 Å². The van der Waals surface area contributed by atoms with E-state index in [1.165, 1.54) is 5.56 Å². The fraction of sp³-hybridized carbons (Fsp3) is 0.278. The quantitative estimate of drug-likeness (QED) is 0.933. The lowest BCUT2D eigenvalue weighted by atomic mass is 10.0. The molecule has 0 bridgehead atoms. The number of benzene rings is 2. The van der Waals surface area contributed by atoms with Gasteiger partial charge in [0, 0.05) is 24.8 Å². The van der Waals surface area contributed by atoms with Gasteiger partial charge < -0.3 is 10.2 Å². The van der Waals surface area contributed by atoms with Crippen LogP contribution in [0.2, 0.25) is 0 Å². The summed E-state index contributed by atoms with van der Waals surface area (Å²) in [5.41, 5.74) is 4.31. The first-order valence-corrected chi connectivity index (χ1v) is 7.35. The summed E-state index contributed by atoms with van der Waals surface area (Å²) in [6, 6.07) is 16.1. The maximum atomic E-state index is 12.7. The van der Waals surface area contributed by atoms with Crippen molar-refractivity contribution in [2.75, 3.05) is 18.9 Å². The van der Waals surface area contributed by atoms with Crippen molar-refractivity contribution in [3.05, 3.63) is 65.2 Å². The van der Waals surface area contributed by atoms with Crippen LogP contribution in [0.3, 0.4) is 0 Å². The molecule has 3 rings (SSSR count). The van der Waals surface area contributed by atoms with E-state index in [2.05, 4.69) is 24.4 Å². The van der Waals surface area contributed by atoms with Crippen molar-refractivity contribution in [1.29, 1.82) is 0 Å². The first-order valence-electron chi connectivity index (χ1n) is 7.35. The predicted molar refractivity (Wildman–Crippen MR) is 85.6 cm³/mol. The highest BCUT2D eigenvalue weighted by Crippen LogP contribution is 2.25. The molecular formula is C18H20N2O. The topological polar surface area (TPSA) is 32.3 Å². The lowest BCUT2D eigenvalue weighted by Crippen LogP contribution is -2.29. The average Bonchev–Trinajstić information content (AvgIpc) is 3.01. The molecule has 0 saturated heterocycles. The van der Waals surface area contributed by atoms with Crippen LogP contribution in [0.5, 0.6) is 0 Å². The van der Waals surface area contributed by atoms with E-state index >= 15 is 0 Å². The number of carbonyl (C=O) groups is 1. The fourth-order valence-corrected chi connectivity index (χ4v) is 2.77. The van der Waals surface area contributed by atoms with Crippen molar-refractivity contribution >= 4 is 11.6 Å². The summed E-state index contributed by atoms with van der Waals surface area (Å²) >= 11 is 0. The zero-order valence-electron chi connectivity index (χ0n) is 12.5. The van der Waals surface area contributed by atoms with Gasteiger partial charge in [0.25, 0.3) is 5.91 Å². The Hall–Kier alpha value is -2.29. The Kier molecular flexibility index (Phi) is 3.65. The van der Waals surface area contributed by atoms with Crippen LogP contribution in [-0.2, 0) is 6.42 Å². The summed E-state index contributed by atoms with van der Waals surface area (Å²) in [6.07, 6.45) is 0.994. The lowest BCUT2D eigenvalue weighted by Gasteiger charge is -2.25. The van der Waals surface area contributed by atoms with Gasteiger partial charge in [-0.2, -0.15) is 0 Å². The molecule has 2 aromatic carbocycles. The van der Waals surface area contributed by atoms with E-state index < -0.39 is 0 Å². The molecule has 2 aromatic rings. The molecule has 1 heterocycles. The van der Waals surface area contributed by atoms with E-state index in [0.717, 1.165) is 29.8 Å². The van der Waals surface area contributed by atoms with Gasteiger partial charge >= 0.3 is 0 Å². The molecular weight excluding hydrogens is 260 g/mol. The number of hydrogen-bond donors (Lipinski definition) is 1. The third-order valence-corrected chi connectivity index (χ3v) is 4.25. The van der Waals surface area contributed by atoms with E-state index in [4.69, 9.17) is 0 Å². The van der Waals surface area contributed by atoms with E-state index in [1.807, 2.05) is 43.4 Å². The van der Waals surface area contributed by atoms with Gasteiger partial charge in [0.15, 0.2) is 0 Å². The Balaban J connectivity index is 1.81. The molecule has 0 aromatic heterocycles. The van der Waals surface area contributed by atoms with Crippen LogP contribution >= 0.6 is 0 Å². The normalized spacial score (nSPS) is 14.2. The average molecular weight is 280 g/mol. The molecule has 1 aliphatic rings. The SMILES string of the molecule is C[C@H](c1ccccc1)N(C)C(=O)c1ccc2c(c1)CCN2. The standard InChI is InChI=1S/C18H20N2O/c1-13(14-6-4-3-5-7-14)20(2)18(21)16-8-9-17-15(12-16)10-11-19-17/h3-9,12-13,19H,10-11H2,1-2H3/t13-/m1/s1. The van der Waals surface area contributed by atoms with Gasteiger partial charge in [0.05, 0.1) is 6.04 Å². The first kappa shape index (κ1) is 13.7. The van der Waals surface area contributed by atoms with Gasteiger partial charge in [0.1, 0.15) is 0 Å². The molecule has 0 spiro atoms. The molecule has 0 radical (unpaired) electrons. The minimum Gasteiger partial charge on any atom is -0.384 e. The highest BCUT2D eigenvalue weighted by Gasteiger charge is 2.20. The van der Waals surface area contributed by atoms with Crippen molar-refractivity contribution in [2.24, 2.45) is 0 Å². The van der Waals surface area contributed by atoms with Crippen LogP contribution in [0.1, 0.15) is 34.5 Å². The maximum Gasteiger partial charge on any atom is 0.254 e. The predicted octanol–water partition coefficient (Wildman–Crippen LogP) is 3.49. The van der Waals surface area contributed by atoms with Crippen molar-refractivity contribution in [1.82, 2.24) is 4.90 Å². The van der Waals surface area contributed by atoms with Crippen LogP contribution in [-0.4, -0.2) is 24.4 Å². The summed E-state index contributed by atoms with van der Waals surface area (Å²) in [5.74, 6) is 0.0704. The third-order valence-electron chi connectivity index (χ3n) is 4.25. The molecule has 1 aliphatic heterocycles. The molecule has 3 heteroatoms. The van der Waals surface area contributed by atoms with E-state index in [0.29, 0.717) is 0 Å². The molecule has 21 heavy (non-hydrogen) atoms. The minimum absolute atomic E-state index is 0.0603. The van der Waals surface area contributed by atoms with E-state index in [1.54, 1.807) is 4.90 Å². The Morgan fingerprint density at radius 3 is 2.71 bits per heavy atom. The van der Waals surface area contributed by atoms with Gasteiger partial charge in [-0.25, -0.2) is 0 Å². The maximum absolute atomic E-state index is 12.7. The Morgan fingerprint density at radius 2 is 1.95 bits per heavy atom. The lowest BCUT2D eigenvalue weighted by molar-refractivity contribution is 0.0742. The molecule has 1 amide bonds.